The molecule has 0 aliphatic rings. The summed E-state index contributed by atoms with van der Waals surface area (Å²) < 4.78 is 7.10. The van der Waals surface area contributed by atoms with E-state index in [0.29, 0.717) is 33.4 Å². The zero-order valence-electron chi connectivity index (χ0n) is 15.9. The second-order valence-corrected chi connectivity index (χ2v) is 7.54. The van der Waals surface area contributed by atoms with Gasteiger partial charge in [-0.05, 0) is 29.8 Å². The number of fused-ring (bicyclic) bond motifs is 1. The minimum absolute atomic E-state index is 0.162. The summed E-state index contributed by atoms with van der Waals surface area (Å²) >= 11 is 12.7. The average molecular weight is 450 g/mol. The maximum atomic E-state index is 13.3. The molecule has 0 amide bonds. The van der Waals surface area contributed by atoms with Crippen LogP contribution in [0.4, 0.5) is 0 Å². The van der Waals surface area contributed by atoms with Crippen LogP contribution in [0, 0.1) is 0 Å². The molecule has 0 aliphatic heterocycles. The van der Waals surface area contributed by atoms with Crippen LogP contribution in [-0.2, 0) is 6.54 Å². The van der Waals surface area contributed by atoms with Crippen LogP contribution >= 0.6 is 23.2 Å². The largest absolute Gasteiger partial charge is 0.330 e. The number of hydrogen-bond acceptors (Lipinski definition) is 6. The third kappa shape index (κ3) is 3.58. The summed E-state index contributed by atoms with van der Waals surface area (Å²) in [5.74, 6) is -0.416. The van der Waals surface area contributed by atoms with Crippen molar-refractivity contribution in [3.63, 3.8) is 0 Å². The van der Waals surface area contributed by atoms with Crippen molar-refractivity contribution in [2.75, 3.05) is 0 Å². The summed E-state index contributed by atoms with van der Waals surface area (Å²) in [5.41, 5.74) is 2.58. The third-order valence-corrected chi connectivity index (χ3v) is 5.46. The van der Waals surface area contributed by atoms with E-state index >= 15 is 0 Å². The van der Waals surface area contributed by atoms with E-state index in [0.717, 1.165) is 11.1 Å². The first-order valence-corrected chi connectivity index (χ1v) is 10.0. The number of aromatic nitrogens is 5. The van der Waals surface area contributed by atoms with Gasteiger partial charge in [0.15, 0.2) is 0 Å². The monoisotopic (exact) mass is 449 g/mol. The van der Waals surface area contributed by atoms with Crippen LogP contribution in [0.25, 0.3) is 22.4 Å². The van der Waals surface area contributed by atoms with E-state index < -0.39 is 5.78 Å². The Morgan fingerprint density at radius 1 is 1.03 bits per heavy atom. The van der Waals surface area contributed by atoms with Crippen LogP contribution in [0.2, 0.25) is 10.2 Å². The zero-order chi connectivity index (χ0) is 21.4. The molecule has 7 nitrogen and oxygen atoms in total. The van der Waals surface area contributed by atoms with Crippen molar-refractivity contribution in [3.05, 3.63) is 94.3 Å². The summed E-state index contributed by atoms with van der Waals surface area (Å²) in [4.78, 5) is 25.4. The lowest BCUT2D eigenvalue weighted by Gasteiger charge is -2.07. The Kier molecular flexibility index (Phi) is 4.97. The number of hydrogen-bond donors (Lipinski definition) is 0. The van der Waals surface area contributed by atoms with Gasteiger partial charge in [0.1, 0.15) is 17.2 Å². The Labute approximate surface area is 186 Å². The fourth-order valence-corrected chi connectivity index (χ4v) is 3.83. The molecule has 152 valence electrons. The highest BCUT2D eigenvalue weighted by Gasteiger charge is 2.27. The molecule has 5 aromatic rings. The van der Waals surface area contributed by atoms with E-state index in [4.69, 9.17) is 27.7 Å². The van der Waals surface area contributed by atoms with Gasteiger partial charge in [-0.1, -0.05) is 58.7 Å². The highest BCUT2D eigenvalue weighted by atomic mass is 35.5. The standard InChI is InChI=1S/C22H13Cl2N5O2/c23-14-7-5-13(6-8-14)11-29-17-4-2-1-3-15(17)18(20(29)24)19(30)22-27-21(28-31-22)16-9-10-25-12-26-16/h1-10,12H,11H2. The molecule has 9 heteroatoms. The molecule has 0 fully saturated rings. The first kappa shape index (κ1) is 19.4. The second-order valence-electron chi connectivity index (χ2n) is 6.74. The van der Waals surface area contributed by atoms with Crippen molar-refractivity contribution in [1.82, 2.24) is 24.7 Å². The molecule has 0 saturated carbocycles. The van der Waals surface area contributed by atoms with Crippen molar-refractivity contribution in [2.24, 2.45) is 0 Å². The summed E-state index contributed by atoms with van der Waals surface area (Å²) in [6, 6.07) is 16.6. The maximum absolute atomic E-state index is 13.3. The summed E-state index contributed by atoms with van der Waals surface area (Å²) in [6.07, 6.45) is 2.93. The molecular formula is C22H13Cl2N5O2. The first-order chi connectivity index (χ1) is 15.1. The number of rotatable bonds is 5. The number of carbonyl (C=O) groups excluding carboxylic acids is 1. The molecule has 0 spiro atoms. The summed E-state index contributed by atoms with van der Waals surface area (Å²) in [7, 11) is 0. The van der Waals surface area contributed by atoms with Crippen LogP contribution in [0.5, 0.6) is 0 Å². The van der Waals surface area contributed by atoms with Gasteiger partial charge in [0, 0.05) is 23.2 Å². The van der Waals surface area contributed by atoms with Gasteiger partial charge in [0.25, 0.3) is 11.7 Å². The Morgan fingerprint density at radius 2 is 1.84 bits per heavy atom. The van der Waals surface area contributed by atoms with Gasteiger partial charge >= 0.3 is 0 Å². The van der Waals surface area contributed by atoms with Gasteiger partial charge < -0.3 is 9.09 Å². The lowest BCUT2D eigenvalue weighted by Crippen LogP contribution is -2.04. The minimum Gasteiger partial charge on any atom is -0.330 e. The molecule has 0 N–H and O–H groups in total. The Balaban J connectivity index is 1.57. The van der Waals surface area contributed by atoms with Crippen molar-refractivity contribution in [1.29, 1.82) is 0 Å². The van der Waals surface area contributed by atoms with Crippen LogP contribution in [0.3, 0.4) is 0 Å². The molecule has 3 aromatic heterocycles. The molecule has 2 aromatic carbocycles. The molecule has 0 radical (unpaired) electrons. The maximum Gasteiger partial charge on any atom is 0.299 e. The normalized spacial score (nSPS) is 11.2. The number of benzene rings is 2. The molecular weight excluding hydrogens is 437 g/mol. The minimum atomic E-state index is -0.455. The highest BCUT2D eigenvalue weighted by molar-refractivity contribution is 6.36. The van der Waals surface area contributed by atoms with Crippen LogP contribution in [-0.4, -0.2) is 30.5 Å². The van der Waals surface area contributed by atoms with E-state index in [1.807, 2.05) is 53.1 Å². The highest BCUT2D eigenvalue weighted by Crippen LogP contribution is 2.33. The van der Waals surface area contributed by atoms with E-state index in [-0.39, 0.29) is 11.7 Å². The van der Waals surface area contributed by atoms with Gasteiger partial charge in [-0.2, -0.15) is 4.98 Å². The average Bonchev–Trinajstić information content (AvgIpc) is 3.40. The topological polar surface area (TPSA) is 86.7 Å². The molecule has 5 rings (SSSR count). The van der Waals surface area contributed by atoms with Gasteiger partial charge in [0.2, 0.25) is 5.82 Å². The van der Waals surface area contributed by atoms with Crippen LogP contribution in [0.15, 0.2) is 71.6 Å². The predicted molar refractivity (Wildman–Crippen MR) is 116 cm³/mol. The number of ketones is 1. The fourth-order valence-electron chi connectivity index (χ4n) is 3.36. The molecule has 0 aliphatic carbocycles. The molecule has 0 atom stereocenters. The van der Waals surface area contributed by atoms with Gasteiger partial charge in [0.05, 0.1) is 11.1 Å². The second kappa shape index (κ2) is 7.94. The Hall–Kier alpha value is -3.55. The van der Waals surface area contributed by atoms with Gasteiger partial charge in [-0.15, -0.1) is 0 Å². The lowest BCUT2D eigenvalue weighted by molar-refractivity contribution is 0.0995. The third-order valence-electron chi connectivity index (χ3n) is 4.82. The van der Waals surface area contributed by atoms with E-state index in [1.54, 1.807) is 12.3 Å². The van der Waals surface area contributed by atoms with Crippen molar-refractivity contribution >= 4 is 39.9 Å². The van der Waals surface area contributed by atoms with E-state index in [1.165, 1.54) is 6.33 Å². The number of carbonyl (C=O) groups is 1. The first-order valence-electron chi connectivity index (χ1n) is 9.28. The fraction of sp³-hybridized carbons (Fsp3) is 0.0455. The number of nitrogens with zero attached hydrogens (tertiary/aromatic N) is 5. The molecule has 0 bridgehead atoms. The van der Waals surface area contributed by atoms with Gasteiger partial charge in [-0.3, -0.25) is 4.79 Å². The lowest BCUT2D eigenvalue weighted by atomic mass is 10.1. The summed E-state index contributed by atoms with van der Waals surface area (Å²) in [5, 5.41) is 5.51. The molecule has 0 unspecified atom stereocenters. The number of para-hydroxylation sites is 1. The van der Waals surface area contributed by atoms with Crippen molar-refractivity contribution in [3.8, 4) is 11.5 Å². The number of halogens is 2. The van der Waals surface area contributed by atoms with E-state index in [2.05, 4.69) is 20.1 Å². The quantitative estimate of drug-likeness (QED) is 0.348. The zero-order valence-corrected chi connectivity index (χ0v) is 17.4. The molecule has 3 heterocycles. The molecule has 31 heavy (non-hydrogen) atoms. The Morgan fingerprint density at radius 3 is 2.61 bits per heavy atom. The Bertz CT molecular complexity index is 1390. The van der Waals surface area contributed by atoms with Crippen LogP contribution in [0.1, 0.15) is 21.8 Å². The smallest absolute Gasteiger partial charge is 0.299 e. The molecule has 0 saturated heterocycles. The SMILES string of the molecule is O=C(c1nc(-c2ccncn2)no1)c1c(Cl)n(Cc2ccc(Cl)cc2)c2ccccc12. The van der Waals surface area contributed by atoms with Gasteiger partial charge in [-0.25, -0.2) is 9.97 Å². The van der Waals surface area contributed by atoms with E-state index in [9.17, 15) is 4.79 Å². The summed E-state index contributed by atoms with van der Waals surface area (Å²) in [6.45, 7) is 0.472. The van der Waals surface area contributed by atoms with Crippen LogP contribution < -0.4 is 0 Å². The van der Waals surface area contributed by atoms with Crippen molar-refractivity contribution in [2.45, 2.75) is 6.54 Å². The van der Waals surface area contributed by atoms with Crippen molar-refractivity contribution < 1.29 is 9.32 Å². The predicted octanol–water partition coefficient (Wildman–Crippen LogP) is 5.07.